The summed E-state index contributed by atoms with van der Waals surface area (Å²) in [4.78, 5) is 28.0. The lowest BCUT2D eigenvalue weighted by Gasteiger charge is -2.32. The van der Waals surface area contributed by atoms with Crippen LogP contribution in [0.1, 0.15) is 39.7 Å². The summed E-state index contributed by atoms with van der Waals surface area (Å²) in [5.41, 5.74) is 1.000. The Morgan fingerprint density at radius 2 is 1.75 bits per heavy atom. The van der Waals surface area contributed by atoms with Crippen LogP contribution < -0.4 is 19.1 Å². The predicted octanol–water partition coefficient (Wildman–Crippen LogP) is 3.19. The Morgan fingerprint density at radius 3 is 2.36 bits per heavy atom. The minimum absolute atomic E-state index is 0.0701. The molecule has 2 amide bonds. The average Bonchev–Trinajstić information content (AvgIpc) is 2.85. The van der Waals surface area contributed by atoms with Crippen LogP contribution in [0.2, 0.25) is 0 Å². The molecule has 0 heterocycles. The molecule has 2 aromatic rings. The van der Waals surface area contributed by atoms with Gasteiger partial charge >= 0.3 is 0 Å². The summed E-state index contributed by atoms with van der Waals surface area (Å²) >= 11 is 0. The van der Waals surface area contributed by atoms with Gasteiger partial charge in [0.15, 0.2) is 0 Å². The highest BCUT2D eigenvalue weighted by atomic mass is 32.2. The van der Waals surface area contributed by atoms with Crippen LogP contribution in [0, 0.1) is 0 Å². The molecule has 0 aliphatic heterocycles. The molecule has 2 rings (SSSR count). The summed E-state index contributed by atoms with van der Waals surface area (Å²) < 4.78 is 37.5. The van der Waals surface area contributed by atoms with E-state index < -0.39 is 28.5 Å². The number of benzene rings is 2. The lowest BCUT2D eigenvalue weighted by Crippen LogP contribution is -2.52. The zero-order chi connectivity index (χ0) is 26.9. The zero-order valence-electron chi connectivity index (χ0n) is 21.9. The second-order valence-electron chi connectivity index (χ2n) is 8.54. The SMILES string of the molecule is CCOc1ccccc1N(CC(=O)N(Cc1cccc(OC)c1)[C@@H](C)C(=O)N[C@H](C)CC)S(C)(=O)=O. The van der Waals surface area contributed by atoms with Gasteiger partial charge in [-0.25, -0.2) is 8.42 Å². The number of para-hydroxylation sites is 2. The molecule has 9 nitrogen and oxygen atoms in total. The number of sulfonamides is 1. The van der Waals surface area contributed by atoms with Gasteiger partial charge in [-0.3, -0.25) is 13.9 Å². The van der Waals surface area contributed by atoms with E-state index in [9.17, 15) is 18.0 Å². The molecule has 36 heavy (non-hydrogen) atoms. The molecule has 0 aliphatic rings. The molecule has 2 atom stereocenters. The van der Waals surface area contributed by atoms with E-state index in [-0.39, 0.29) is 24.2 Å². The van der Waals surface area contributed by atoms with Crippen LogP contribution in [0.3, 0.4) is 0 Å². The van der Waals surface area contributed by atoms with Gasteiger partial charge in [-0.2, -0.15) is 0 Å². The van der Waals surface area contributed by atoms with Crippen molar-refractivity contribution in [2.75, 3.05) is 30.8 Å². The Bertz CT molecular complexity index is 1140. The van der Waals surface area contributed by atoms with Crippen LogP contribution >= 0.6 is 0 Å². The first-order valence-corrected chi connectivity index (χ1v) is 13.8. The molecular formula is C26H37N3O6S. The molecular weight excluding hydrogens is 482 g/mol. The minimum atomic E-state index is -3.85. The molecule has 198 valence electrons. The molecule has 0 aromatic heterocycles. The fourth-order valence-corrected chi connectivity index (χ4v) is 4.40. The van der Waals surface area contributed by atoms with E-state index in [0.717, 1.165) is 22.5 Å². The molecule has 0 saturated carbocycles. The molecule has 0 bridgehead atoms. The molecule has 2 aromatic carbocycles. The van der Waals surface area contributed by atoms with Gasteiger partial charge in [0, 0.05) is 12.6 Å². The van der Waals surface area contributed by atoms with Crippen molar-refractivity contribution >= 4 is 27.5 Å². The van der Waals surface area contributed by atoms with Gasteiger partial charge in [-0.1, -0.05) is 31.2 Å². The minimum Gasteiger partial charge on any atom is -0.497 e. The largest absolute Gasteiger partial charge is 0.497 e. The first-order chi connectivity index (χ1) is 17.0. The van der Waals surface area contributed by atoms with Crippen LogP contribution in [-0.2, 0) is 26.2 Å². The first-order valence-electron chi connectivity index (χ1n) is 11.9. The van der Waals surface area contributed by atoms with Gasteiger partial charge < -0.3 is 19.7 Å². The zero-order valence-corrected chi connectivity index (χ0v) is 22.7. The maximum Gasteiger partial charge on any atom is 0.244 e. The molecule has 0 fully saturated rings. The number of hydrogen-bond acceptors (Lipinski definition) is 6. The molecule has 10 heteroatoms. The van der Waals surface area contributed by atoms with Gasteiger partial charge in [0.25, 0.3) is 0 Å². The van der Waals surface area contributed by atoms with E-state index in [4.69, 9.17) is 9.47 Å². The Morgan fingerprint density at radius 1 is 1.06 bits per heavy atom. The Kier molecular flexibility index (Phi) is 10.6. The van der Waals surface area contributed by atoms with Crippen molar-refractivity contribution in [1.29, 1.82) is 0 Å². The lowest BCUT2D eigenvalue weighted by molar-refractivity contribution is -0.139. The van der Waals surface area contributed by atoms with E-state index in [1.165, 1.54) is 4.90 Å². The fourth-order valence-electron chi connectivity index (χ4n) is 3.55. The van der Waals surface area contributed by atoms with Gasteiger partial charge in [-0.05, 0) is 57.0 Å². The van der Waals surface area contributed by atoms with Crippen LogP contribution in [0.5, 0.6) is 11.5 Å². The fraction of sp³-hybridized carbons (Fsp3) is 0.462. The monoisotopic (exact) mass is 519 g/mol. The Hall–Kier alpha value is -3.27. The van der Waals surface area contributed by atoms with Gasteiger partial charge in [0.05, 0.1) is 25.7 Å². The van der Waals surface area contributed by atoms with Gasteiger partial charge in [-0.15, -0.1) is 0 Å². The highest BCUT2D eigenvalue weighted by molar-refractivity contribution is 7.92. The number of amides is 2. The lowest BCUT2D eigenvalue weighted by atomic mass is 10.1. The molecule has 0 aliphatic carbocycles. The summed E-state index contributed by atoms with van der Waals surface area (Å²) in [7, 11) is -2.31. The maximum absolute atomic E-state index is 13.7. The molecule has 0 saturated heterocycles. The van der Waals surface area contributed by atoms with Crippen LogP contribution in [-0.4, -0.2) is 63.7 Å². The topological polar surface area (TPSA) is 105 Å². The number of methoxy groups -OCH3 is 1. The Balaban J connectivity index is 2.45. The van der Waals surface area contributed by atoms with E-state index in [1.807, 2.05) is 19.9 Å². The molecule has 0 spiro atoms. The summed E-state index contributed by atoms with van der Waals surface area (Å²) in [6.45, 7) is 7.19. The molecule has 1 N–H and O–H groups in total. The first kappa shape index (κ1) is 29.0. The van der Waals surface area contributed by atoms with Crippen LogP contribution in [0.25, 0.3) is 0 Å². The Labute approximate surface area is 214 Å². The predicted molar refractivity (Wildman–Crippen MR) is 141 cm³/mol. The van der Waals surface area contributed by atoms with Crippen LogP contribution in [0.15, 0.2) is 48.5 Å². The number of ether oxygens (including phenoxy) is 2. The molecule has 0 unspecified atom stereocenters. The highest BCUT2D eigenvalue weighted by Gasteiger charge is 2.31. The number of rotatable bonds is 13. The van der Waals surface area contributed by atoms with E-state index >= 15 is 0 Å². The van der Waals surface area contributed by atoms with Gasteiger partial charge in [0.1, 0.15) is 24.1 Å². The van der Waals surface area contributed by atoms with E-state index in [2.05, 4.69) is 5.32 Å². The quantitative estimate of drug-likeness (QED) is 0.436. The van der Waals surface area contributed by atoms with Crippen LogP contribution in [0.4, 0.5) is 5.69 Å². The average molecular weight is 520 g/mol. The second kappa shape index (κ2) is 13.2. The van der Waals surface area contributed by atoms with E-state index in [0.29, 0.717) is 18.1 Å². The summed E-state index contributed by atoms with van der Waals surface area (Å²) in [6.07, 6.45) is 1.77. The van der Waals surface area contributed by atoms with Crippen molar-refractivity contribution in [2.45, 2.75) is 52.7 Å². The highest BCUT2D eigenvalue weighted by Crippen LogP contribution is 2.30. The third-order valence-electron chi connectivity index (χ3n) is 5.77. The molecule has 0 radical (unpaired) electrons. The van der Waals surface area contributed by atoms with Crippen molar-refractivity contribution in [2.24, 2.45) is 0 Å². The van der Waals surface area contributed by atoms with Gasteiger partial charge in [0.2, 0.25) is 21.8 Å². The third kappa shape index (κ3) is 7.87. The summed E-state index contributed by atoms with van der Waals surface area (Å²) in [6, 6.07) is 12.9. The van der Waals surface area contributed by atoms with Crippen molar-refractivity contribution < 1.29 is 27.5 Å². The normalized spacial score (nSPS) is 12.8. The van der Waals surface area contributed by atoms with Crippen molar-refractivity contribution in [1.82, 2.24) is 10.2 Å². The number of hydrogen-bond donors (Lipinski definition) is 1. The summed E-state index contributed by atoms with van der Waals surface area (Å²) in [5.74, 6) is 0.114. The van der Waals surface area contributed by atoms with Crippen molar-refractivity contribution in [3.63, 3.8) is 0 Å². The second-order valence-corrected chi connectivity index (χ2v) is 10.4. The summed E-state index contributed by atoms with van der Waals surface area (Å²) in [5, 5.41) is 2.90. The van der Waals surface area contributed by atoms with Crippen molar-refractivity contribution in [3.05, 3.63) is 54.1 Å². The standard InChI is InChI=1S/C26H37N3O6S/c1-7-19(3)27-26(31)20(4)28(17-21-12-11-13-22(16-21)34-5)25(30)18-29(36(6,32)33)23-14-9-10-15-24(23)35-8-2/h9-16,19-20H,7-8,17-18H2,1-6H3,(H,27,31)/t19-,20+/m1/s1. The maximum atomic E-state index is 13.7. The smallest absolute Gasteiger partial charge is 0.244 e. The number of carbonyl (C=O) groups excluding carboxylic acids is 2. The van der Waals surface area contributed by atoms with Crippen molar-refractivity contribution in [3.8, 4) is 11.5 Å². The number of carbonyl (C=O) groups is 2. The third-order valence-corrected chi connectivity index (χ3v) is 6.89. The van der Waals surface area contributed by atoms with E-state index in [1.54, 1.807) is 63.4 Å². The number of anilines is 1. The number of nitrogens with one attached hydrogen (secondary N) is 1. The number of nitrogens with zero attached hydrogens (tertiary/aromatic N) is 2.